The topological polar surface area (TPSA) is 145 Å². The first-order valence-electron chi connectivity index (χ1n) is 21.8. The van der Waals surface area contributed by atoms with E-state index in [1.54, 1.807) is 0 Å². The van der Waals surface area contributed by atoms with Crippen LogP contribution in [0.3, 0.4) is 0 Å². The summed E-state index contributed by atoms with van der Waals surface area (Å²) in [6.07, 6.45) is 37.7. The first-order chi connectivity index (χ1) is 25.4. The van der Waals surface area contributed by atoms with Crippen LogP contribution in [0.2, 0.25) is 0 Å². The van der Waals surface area contributed by atoms with Crippen LogP contribution in [0, 0.1) is 5.92 Å². The van der Waals surface area contributed by atoms with Gasteiger partial charge in [0.05, 0.1) is 6.17 Å². The Labute approximate surface area is 366 Å². The highest BCUT2D eigenvalue weighted by Gasteiger charge is 2.37. The van der Waals surface area contributed by atoms with Gasteiger partial charge in [0, 0.05) is 32.0 Å². The van der Waals surface area contributed by atoms with Gasteiger partial charge in [-0.1, -0.05) is 141 Å². The number of unbranched alkanes of at least 4 members (excludes halogenated alkanes) is 22. The number of ether oxygens (including phenoxy) is 2. The van der Waals surface area contributed by atoms with Crippen molar-refractivity contribution < 1.29 is 29.3 Å². The number of hydrogen-bond donors (Lipinski definition) is 4. The van der Waals surface area contributed by atoms with E-state index in [9.17, 15) is 19.8 Å². The van der Waals surface area contributed by atoms with Gasteiger partial charge in [0.15, 0.2) is 6.10 Å². The second-order valence-corrected chi connectivity index (χ2v) is 14.9. The number of carbonyl (C=O) groups excluding carboxylic acids is 2. The van der Waals surface area contributed by atoms with Crippen LogP contribution < -0.4 is 11.5 Å². The Bertz CT molecular complexity index is 855. The van der Waals surface area contributed by atoms with E-state index in [4.69, 9.17) is 20.9 Å². The van der Waals surface area contributed by atoms with Gasteiger partial charge in [-0.3, -0.25) is 9.59 Å². The van der Waals surface area contributed by atoms with Crippen LogP contribution in [-0.4, -0.2) is 53.7 Å². The number of nitrogens with two attached hydrogens (primary N) is 2. The molecule has 0 aromatic heterocycles. The number of hydrogen-bond acceptors (Lipinski definition) is 8. The number of rotatable bonds is 39. The molecule has 2 atom stereocenters. The van der Waals surface area contributed by atoms with E-state index in [-0.39, 0.29) is 86.9 Å². The number of allylic oxidation sites excluding steroid dienone is 4. The highest BCUT2D eigenvalue weighted by atomic mass is 127. The molecule has 0 fully saturated rings. The normalized spacial score (nSPS) is 12.7. The molecule has 0 saturated heterocycles. The molecular formula is C44H86I2N2O6. The van der Waals surface area contributed by atoms with Gasteiger partial charge in [0.2, 0.25) is 0 Å². The van der Waals surface area contributed by atoms with Crippen LogP contribution in [0.1, 0.15) is 206 Å². The molecule has 0 aromatic carbocycles. The number of carbonyl (C=O) groups is 2. The molecule has 0 amide bonds. The number of aliphatic hydroxyl groups excluding tert-OH is 2. The Balaban J connectivity index is -0.0000130. The average molecular weight is 993 g/mol. The summed E-state index contributed by atoms with van der Waals surface area (Å²) in [5.74, 6) is -1.27. The largest absolute Gasteiger partial charge is 0.458 e. The van der Waals surface area contributed by atoms with Crippen molar-refractivity contribution in [2.75, 3.05) is 13.2 Å². The van der Waals surface area contributed by atoms with Crippen molar-refractivity contribution in [2.24, 2.45) is 17.4 Å². The Hall–Kier alpha value is -0.280. The summed E-state index contributed by atoms with van der Waals surface area (Å²) in [5, 5.41) is 19.4. The van der Waals surface area contributed by atoms with E-state index in [1.165, 1.54) is 89.9 Å². The van der Waals surface area contributed by atoms with Gasteiger partial charge >= 0.3 is 11.9 Å². The summed E-state index contributed by atoms with van der Waals surface area (Å²) >= 11 is 0. The number of halogens is 2. The molecule has 0 aliphatic heterocycles. The molecule has 0 bridgehead atoms. The third-order valence-electron chi connectivity index (χ3n) is 9.99. The molecule has 2 unspecified atom stereocenters. The lowest BCUT2D eigenvalue weighted by Gasteiger charge is -2.34. The molecule has 0 saturated carbocycles. The average Bonchev–Trinajstić information content (AvgIpc) is 3.12. The van der Waals surface area contributed by atoms with Gasteiger partial charge in [-0.15, -0.1) is 48.0 Å². The smallest absolute Gasteiger partial charge is 0.306 e. The fourth-order valence-corrected chi connectivity index (χ4v) is 6.70. The van der Waals surface area contributed by atoms with Gasteiger partial charge in [-0.25, -0.2) is 0 Å². The van der Waals surface area contributed by atoms with Crippen molar-refractivity contribution in [2.45, 2.75) is 225 Å². The standard InChI is InChI=1S/C44H84N2O6.2HI/c1-3-5-7-9-11-13-15-17-19-21-23-25-27-29-31-33-40(49)51-42(39(35-37-47)36-38-48)43(44(45)46)52-41(50)34-32-30-28-26-24-22-20-18-16-14-12-10-8-6-4-2;;/h17-20,39,42-44,47-48H,3-16,21-38,45-46H2,1-2H3;2*1H/b19-17-,20-18-;;. The van der Waals surface area contributed by atoms with Crippen molar-refractivity contribution in [3.8, 4) is 0 Å². The van der Waals surface area contributed by atoms with Gasteiger partial charge in [0.25, 0.3) is 0 Å². The molecule has 0 heterocycles. The molecule has 0 rings (SSSR count). The minimum Gasteiger partial charge on any atom is -0.458 e. The Morgan fingerprint density at radius 1 is 0.481 bits per heavy atom. The van der Waals surface area contributed by atoms with E-state index >= 15 is 0 Å². The Morgan fingerprint density at radius 3 is 1.09 bits per heavy atom. The molecule has 54 heavy (non-hydrogen) atoms. The quantitative estimate of drug-likeness (QED) is 0.0157. The first-order valence-corrected chi connectivity index (χ1v) is 21.8. The molecule has 0 aliphatic rings. The van der Waals surface area contributed by atoms with Crippen molar-refractivity contribution in [1.29, 1.82) is 0 Å². The van der Waals surface area contributed by atoms with E-state index in [1.807, 2.05) is 0 Å². The predicted molar refractivity (Wildman–Crippen MR) is 249 cm³/mol. The van der Waals surface area contributed by atoms with Crippen LogP contribution in [0.25, 0.3) is 0 Å². The van der Waals surface area contributed by atoms with Gasteiger partial charge < -0.3 is 31.2 Å². The van der Waals surface area contributed by atoms with Crippen molar-refractivity contribution in [1.82, 2.24) is 0 Å². The summed E-state index contributed by atoms with van der Waals surface area (Å²) in [7, 11) is 0. The molecule has 6 N–H and O–H groups in total. The molecule has 0 spiro atoms. The summed E-state index contributed by atoms with van der Waals surface area (Å²) in [4.78, 5) is 25.8. The number of esters is 2. The summed E-state index contributed by atoms with van der Waals surface area (Å²) in [6, 6.07) is 0. The lowest BCUT2D eigenvalue weighted by atomic mass is 9.90. The van der Waals surface area contributed by atoms with E-state index in [0.29, 0.717) is 12.8 Å². The van der Waals surface area contributed by atoms with Crippen molar-refractivity contribution in [3.63, 3.8) is 0 Å². The Kier molecular flexibility index (Phi) is 48.8. The zero-order valence-electron chi connectivity index (χ0n) is 34.7. The highest BCUT2D eigenvalue weighted by Crippen LogP contribution is 2.24. The maximum Gasteiger partial charge on any atom is 0.306 e. The Morgan fingerprint density at radius 2 is 0.778 bits per heavy atom. The van der Waals surface area contributed by atoms with Crippen LogP contribution in [0.5, 0.6) is 0 Å². The summed E-state index contributed by atoms with van der Waals surface area (Å²) < 4.78 is 11.6. The second-order valence-electron chi connectivity index (χ2n) is 14.9. The van der Waals surface area contributed by atoms with Crippen molar-refractivity contribution >= 4 is 59.9 Å². The lowest BCUT2D eigenvalue weighted by molar-refractivity contribution is -0.176. The fourth-order valence-electron chi connectivity index (χ4n) is 6.70. The maximum absolute atomic E-state index is 13.0. The maximum atomic E-state index is 13.0. The van der Waals surface area contributed by atoms with Crippen LogP contribution in [0.15, 0.2) is 24.3 Å². The SMILES string of the molecule is CCCCCCCC/C=C\CCCCCCCC(=O)OC(C(N)N)C(OC(=O)CCCCCCC/C=C\CCCCCCCC)C(CCO)CCO.I.I. The van der Waals surface area contributed by atoms with Crippen LogP contribution in [-0.2, 0) is 19.1 Å². The molecule has 322 valence electrons. The zero-order chi connectivity index (χ0) is 38.3. The van der Waals surface area contributed by atoms with Gasteiger partial charge in [0.1, 0.15) is 6.10 Å². The van der Waals surface area contributed by atoms with Gasteiger partial charge in [-0.05, 0) is 77.0 Å². The minimum atomic E-state index is -1.07. The second kappa shape index (κ2) is 45.4. The zero-order valence-corrected chi connectivity index (χ0v) is 39.4. The summed E-state index contributed by atoms with van der Waals surface area (Å²) in [6.45, 7) is 4.17. The van der Waals surface area contributed by atoms with Crippen LogP contribution in [0.4, 0.5) is 0 Å². The third-order valence-corrected chi connectivity index (χ3v) is 9.99. The van der Waals surface area contributed by atoms with E-state index < -0.39 is 36.2 Å². The first kappa shape index (κ1) is 58.0. The highest BCUT2D eigenvalue weighted by molar-refractivity contribution is 14.0. The van der Waals surface area contributed by atoms with Gasteiger partial charge in [-0.2, -0.15) is 0 Å². The van der Waals surface area contributed by atoms with Crippen LogP contribution >= 0.6 is 48.0 Å². The minimum absolute atomic E-state index is 0. The van der Waals surface area contributed by atoms with E-state index in [2.05, 4.69) is 38.2 Å². The molecule has 0 aromatic rings. The number of aliphatic hydroxyl groups is 2. The molecule has 0 radical (unpaired) electrons. The molecule has 8 nitrogen and oxygen atoms in total. The monoisotopic (exact) mass is 992 g/mol. The fraction of sp³-hybridized carbons (Fsp3) is 0.864. The molecular weight excluding hydrogens is 906 g/mol. The predicted octanol–water partition coefficient (Wildman–Crippen LogP) is 11.7. The van der Waals surface area contributed by atoms with Crippen molar-refractivity contribution in [3.05, 3.63) is 24.3 Å². The molecule has 10 heteroatoms. The summed E-state index contributed by atoms with van der Waals surface area (Å²) in [5.41, 5.74) is 12.2. The van der Waals surface area contributed by atoms with E-state index in [0.717, 1.165) is 64.2 Å². The molecule has 0 aliphatic carbocycles. The third kappa shape index (κ3) is 37.3. The lowest BCUT2D eigenvalue weighted by Crippen LogP contribution is -2.55.